The van der Waals surface area contributed by atoms with E-state index in [-0.39, 0.29) is 5.91 Å². The van der Waals surface area contributed by atoms with Crippen molar-refractivity contribution in [2.75, 3.05) is 19.4 Å². The number of nitrogens with one attached hydrogen (secondary N) is 1. The Hall–Kier alpha value is -2.20. The van der Waals surface area contributed by atoms with Crippen LogP contribution in [-0.4, -0.2) is 29.9 Å². The number of aromatic nitrogens is 1. The van der Waals surface area contributed by atoms with Crippen molar-refractivity contribution in [2.45, 2.75) is 19.4 Å². The third-order valence-corrected chi connectivity index (χ3v) is 3.07. The fourth-order valence-electron chi connectivity index (χ4n) is 2.11. The van der Waals surface area contributed by atoms with E-state index >= 15 is 0 Å². The van der Waals surface area contributed by atoms with Gasteiger partial charge in [-0.15, -0.1) is 0 Å². The molecule has 1 aromatic carbocycles. The largest absolute Gasteiger partial charge is 0.311 e. The zero-order valence-electron chi connectivity index (χ0n) is 12.5. The van der Waals surface area contributed by atoms with Crippen molar-refractivity contribution >= 4 is 11.7 Å². The van der Waals surface area contributed by atoms with E-state index in [2.05, 4.69) is 15.2 Å². The van der Waals surface area contributed by atoms with Crippen LogP contribution in [0, 0.1) is 0 Å². The molecule has 0 radical (unpaired) electrons. The minimum atomic E-state index is -0.00615. The van der Waals surface area contributed by atoms with Gasteiger partial charge in [-0.05, 0) is 43.8 Å². The van der Waals surface area contributed by atoms with Gasteiger partial charge in [0, 0.05) is 19.2 Å². The number of amides is 1. The molecule has 0 saturated heterocycles. The summed E-state index contributed by atoms with van der Waals surface area (Å²) in [7, 11) is 4.02. The van der Waals surface area contributed by atoms with E-state index in [0.29, 0.717) is 12.2 Å². The highest BCUT2D eigenvalue weighted by Crippen LogP contribution is 2.09. The first-order valence-electron chi connectivity index (χ1n) is 7.07. The van der Waals surface area contributed by atoms with Gasteiger partial charge >= 0.3 is 0 Å². The monoisotopic (exact) mass is 283 g/mol. The van der Waals surface area contributed by atoms with Gasteiger partial charge < -0.3 is 10.2 Å². The summed E-state index contributed by atoms with van der Waals surface area (Å²) >= 11 is 0. The van der Waals surface area contributed by atoms with Gasteiger partial charge in [0.25, 0.3) is 0 Å². The van der Waals surface area contributed by atoms with Crippen molar-refractivity contribution < 1.29 is 4.79 Å². The minimum absolute atomic E-state index is 0.00615. The summed E-state index contributed by atoms with van der Waals surface area (Å²) in [5, 5.41) is 2.86. The third-order valence-electron chi connectivity index (χ3n) is 3.07. The van der Waals surface area contributed by atoms with Crippen LogP contribution in [0.25, 0.3) is 0 Å². The van der Waals surface area contributed by atoms with Crippen LogP contribution >= 0.6 is 0 Å². The molecule has 0 spiro atoms. The van der Waals surface area contributed by atoms with E-state index in [1.54, 1.807) is 6.20 Å². The van der Waals surface area contributed by atoms with Gasteiger partial charge in [0.05, 0.1) is 0 Å². The van der Waals surface area contributed by atoms with Gasteiger partial charge in [0.1, 0.15) is 5.82 Å². The molecule has 0 aliphatic carbocycles. The molecule has 0 saturated carbocycles. The number of aryl methyl sites for hydroxylation is 1. The topological polar surface area (TPSA) is 45.2 Å². The van der Waals surface area contributed by atoms with Crippen molar-refractivity contribution in [3.05, 3.63) is 59.8 Å². The van der Waals surface area contributed by atoms with Crippen LogP contribution in [0.15, 0.2) is 48.7 Å². The van der Waals surface area contributed by atoms with E-state index in [1.165, 1.54) is 5.56 Å². The van der Waals surface area contributed by atoms with Crippen LogP contribution in [0.5, 0.6) is 0 Å². The van der Waals surface area contributed by atoms with Crippen molar-refractivity contribution in [3.63, 3.8) is 0 Å². The highest BCUT2D eigenvalue weighted by Gasteiger charge is 2.05. The fourth-order valence-corrected chi connectivity index (χ4v) is 2.11. The minimum Gasteiger partial charge on any atom is -0.311 e. The van der Waals surface area contributed by atoms with Gasteiger partial charge in [-0.2, -0.15) is 0 Å². The summed E-state index contributed by atoms with van der Waals surface area (Å²) in [6.45, 7) is 0.829. The molecule has 110 valence electrons. The fraction of sp³-hybridized carbons (Fsp3) is 0.294. The zero-order valence-corrected chi connectivity index (χ0v) is 12.5. The molecule has 0 bridgehead atoms. The molecule has 0 atom stereocenters. The Bertz CT molecular complexity index is 582. The van der Waals surface area contributed by atoms with E-state index < -0.39 is 0 Å². The van der Waals surface area contributed by atoms with Crippen LogP contribution in [0.3, 0.4) is 0 Å². The lowest BCUT2D eigenvalue weighted by Crippen LogP contribution is -2.15. The summed E-state index contributed by atoms with van der Waals surface area (Å²) in [4.78, 5) is 18.2. The second kappa shape index (κ2) is 7.55. The van der Waals surface area contributed by atoms with Crippen molar-refractivity contribution in [3.8, 4) is 0 Å². The zero-order chi connectivity index (χ0) is 15.1. The number of rotatable bonds is 6. The van der Waals surface area contributed by atoms with Gasteiger partial charge in [0.15, 0.2) is 0 Å². The highest BCUT2D eigenvalue weighted by molar-refractivity contribution is 5.89. The Morgan fingerprint density at radius 1 is 1.14 bits per heavy atom. The average Bonchev–Trinajstić information content (AvgIpc) is 2.46. The first kappa shape index (κ1) is 15.2. The molecular formula is C17H21N3O. The number of nitrogens with zero attached hydrogens (tertiary/aromatic N) is 2. The Labute approximate surface area is 125 Å². The van der Waals surface area contributed by atoms with E-state index in [9.17, 15) is 4.79 Å². The molecule has 0 aliphatic heterocycles. The second-order valence-corrected chi connectivity index (χ2v) is 5.32. The second-order valence-electron chi connectivity index (χ2n) is 5.32. The summed E-state index contributed by atoms with van der Waals surface area (Å²) in [6.07, 6.45) is 2.93. The standard InChI is InChI=1S/C17H21N3O/c1-20(2)13-15-10-11-18-16(12-15)19-17(21)9-8-14-6-4-3-5-7-14/h3-7,10-12H,8-9,13H2,1-2H3,(H,18,19,21). The molecule has 0 unspecified atom stereocenters. The Morgan fingerprint density at radius 2 is 1.90 bits per heavy atom. The van der Waals surface area contributed by atoms with Crippen molar-refractivity contribution in [1.29, 1.82) is 0 Å². The maximum atomic E-state index is 12.0. The first-order chi connectivity index (χ1) is 10.1. The highest BCUT2D eigenvalue weighted by atomic mass is 16.1. The summed E-state index contributed by atoms with van der Waals surface area (Å²) < 4.78 is 0. The van der Waals surface area contributed by atoms with Gasteiger partial charge in [-0.3, -0.25) is 4.79 Å². The van der Waals surface area contributed by atoms with E-state index in [0.717, 1.165) is 18.5 Å². The predicted octanol–water partition coefficient (Wildman–Crippen LogP) is 2.71. The van der Waals surface area contributed by atoms with Gasteiger partial charge in [0.2, 0.25) is 5.91 Å². The maximum absolute atomic E-state index is 12.0. The third kappa shape index (κ3) is 5.36. The van der Waals surface area contributed by atoms with Crippen LogP contribution in [0.4, 0.5) is 5.82 Å². The Morgan fingerprint density at radius 3 is 2.62 bits per heavy atom. The normalized spacial score (nSPS) is 10.6. The predicted molar refractivity (Wildman–Crippen MR) is 85.0 cm³/mol. The molecule has 2 rings (SSSR count). The molecule has 0 aliphatic rings. The smallest absolute Gasteiger partial charge is 0.225 e. The lowest BCUT2D eigenvalue weighted by Gasteiger charge is -2.11. The Kier molecular flexibility index (Phi) is 5.46. The number of hydrogen-bond acceptors (Lipinski definition) is 3. The molecule has 4 nitrogen and oxygen atoms in total. The average molecular weight is 283 g/mol. The lowest BCUT2D eigenvalue weighted by molar-refractivity contribution is -0.116. The summed E-state index contributed by atoms with van der Waals surface area (Å²) in [5.41, 5.74) is 2.30. The molecular weight excluding hydrogens is 262 g/mol. The number of hydrogen-bond donors (Lipinski definition) is 1. The number of carbonyl (C=O) groups excluding carboxylic acids is 1. The molecule has 1 amide bonds. The van der Waals surface area contributed by atoms with Gasteiger partial charge in [-0.25, -0.2) is 4.98 Å². The molecule has 2 aromatic rings. The molecule has 0 fully saturated rings. The van der Waals surface area contributed by atoms with Gasteiger partial charge in [-0.1, -0.05) is 30.3 Å². The summed E-state index contributed by atoms with van der Waals surface area (Å²) in [6, 6.07) is 13.9. The van der Waals surface area contributed by atoms with Crippen molar-refractivity contribution in [2.24, 2.45) is 0 Å². The molecule has 1 heterocycles. The summed E-state index contributed by atoms with van der Waals surface area (Å²) in [5.74, 6) is 0.612. The van der Waals surface area contributed by atoms with E-state index in [1.807, 2.05) is 56.6 Å². The SMILES string of the molecule is CN(C)Cc1ccnc(NC(=O)CCc2ccccc2)c1. The van der Waals surface area contributed by atoms with Crippen LogP contribution in [0.2, 0.25) is 0 Å². The van der Waals surface area contributed by atoms with Crippen LogP contribution < -0.4 is 5.32 Å². The van der Waals surface area contributed by atoms with E-state index in [4.69, 9.17) is 0 Å². The number of pyridine rings is 1. The van der Waals surface area contributed by atoms with Crippen LogP contribution in [0.1, 0.15) is 17.5 Å². The quantitative estimate of drug-likeness (QED) is 0.886. The maximum Gasteiger partial charge on any atom is 0.225 e. The molecule has 4 heteroatoms. The molecule has 1 N–H and O–H groups in total. The first-order valence-corrected chi connectivity index (χ1v) is 7.07. The molecule has 21 heavy (non-hydrogen) atoms. The van der Waals surface area contributed by atoms with Crippen LogP contribution in [-0.2, 0) is 17.8 Å². The lowest BCUT2D eigenvalue weighted by atomic mass is 10.1. The number of carbonyl (C=O) groups is 1. The molecule has 1 aromatic heterocycles. The Balaban J connectivity index is 1.87. The number of benzene rings is 1. The van der Waals surface area contributed by atoms with Crippen molar-refractivity contribution in [1.82, 2.24) is 9.88 Å². The number of anilines is 1.